The van der Waals surface area contributed by atoms with E-state index in [1.54, 1.807) is 4.90 Å². The SMILES string of the molecule is CCN(C(=O)CNCCCC(=O)O)C1CCS(=O)(=O)C1. The largest absolute Gasteiger partial charge is 0.481 e. The van der Waals surface area contributed by atoms with E-state index in [9.17, 15) is 18.0 Å². The van der Waals surface area contributed by atoms with Crippen LogP contribution in [0.2, 0.25) is 0 Å². The molecule has 1 heterocycles. The number of sulfone groups is 1. The minimum atomic E-state index is -3.00. The molecule has 1 rings (SSSR count). The molecule has 7 nitrogen and oxygen atoms in total. The first-order chi connectivity index (χ1) is 9.35. The van der Waals surface area contributed by atoms with Crippen molar-refractivity contribution in [2.75, 3.05) is 31.1 Å². The van der Waals surface area contributed by atoms with Crippen molar-refractivity contribution in [3.05, 3.63) is 0 Å². The van der Waals surface area contributed by atoms with Gasteiger partial charge in [-0.2, -0.15) is 0 Å². The second-order valence-electron chi connectivity index (χ2n) is 4.91. The average Bonchev–Trinajstić information content (AvgIpc) is 2.69. The van der Waals surface area contributed by atoms with Crippen LogP contribution in [0.1, 0.15) is 26.2 Å². The summed E-state index contributed by atoms with van der Waals surface area (Å²) < 4.78 is 22.9. The van der Waals surface area contributed by atoms with Crippen LogP contribution >= 0.6 is 0 Å². The van der Waals surface area contributed by atoms with Crippen LogP contribution in [0.25, 0.3) is 0 Å². The topological polar surface area (TPSA) is 104 Å². The molecule has 1 atom stereocenters. The highest BCUT2D eigenvalue weighted by Crippen LogP contribution is 2.17. The standard InChI is InChI=1S/C12H22N2O5S/c1-2-14(10-5-7-20(18,19)9-10)11(15)8-13-6-3-4-12(16)17/h10,13H,2-9H2,1H3,(H,16,17). The maximum atomic E-state index is 12.0. The number of hydrogen-bond donors (Lipinski definition) is 2. The van der Waals surface area contributed by atoms with Crippen LogP contribution < -0.4 is 5.32 Å². The summed E-state index contributed by atoms with van der Waals surface area (Å²) in [5.74, 6) is -0.798. The zero-order chi connectivity index (χ0) is 15.2. The molecule has 20 heavy (non-hydrogen) atoms. The predicted octanol–water partition coefficient (Wildman–Crippen LogP) is -0.524. The second-order valence-corrected chi connectivity index (χ2v) is 7.14. The fraction of sp³-hybridized carbons (Fsp3) is 0.833. The van der Waals surface area contributed by atoms with Crippen molar-refractivity contribution in [1.29, 1.82) is 0 Å². The number of aliphatic carboxylic acids is 1. The van der Waals surface area contributed by atoms with Crippen molar-refractivity contribution in [3.63, 3.8) is 0 Å². The quantitative estimate of drug-likeness (QED) is 0.585. The smallest absolute Gasteiger partial charge is 0.303 e. The molecule has 8 heteroatoms. The van der Waals surface area contributed by atoms with Gasteiger partial charge in [-0.25, -0.2) is 8.42 Å². The van der Waals surface area contributed by atoms with Crippen molar-refractivity contribution in [1.82, 2.24) is 10.2 Å². The Morgan fingerprint density at radius 3 is 2.60 bits per heavy atom. The molecular formula is C12H22N2O5S. The molecule has 0 aromatic heterocycles. The number of carbonyl (C=O) groups excluding carboxylic acids is 1. The summed E-state index contributed by atoms with van der Waals surface area (Å²) in [5, 5.41) is 11.4. The van der Waals surface area contributed by atoms with Crippen LogP contribution in [0.5, 0.6) is 0 Å². The number of carboxylic acids is 1. The van der Waals surface area contributed by atoms with Gasteiger partial charge >= 0.3 is 5.97 Å². The van der Waals surface area contributed by atoms with E-state index in [0.717, 1.165) is 0 Å². The molecule has 0 radical (unpaired) electrons. The molecule has 0 aliphatic carbocycles. The predicted molar refractivity (Wildman–Crippen MR) is 74.2 cm³/mol. The minimum Gasteiger partial charge on any atom is -0.481 e. The molecule has 1 amide bonds. The minimum absolute atomic E-state index is 0.0472. The maximum absolute atomic E-state index is 12.0. The Balaban J connectivity index is 2.34. The third-order valence-electron chi connectivity index (χ3n) is 3.33. The summed E-state index contributed by atoms with van der Waals surface area (Å²) in [4.78, 5) is 23.9. The van der Waals surface area contributed by atoms with Gasteiger partial charge in [-0.1, -0.05) is 0 Å². The highest BCUT2D eigenvalue weighted by atomic mass is 32.2. The van der Waals surface area contributed by atoms with Crippen LogP contribution in [-0.2, 0) is 19.4 Å². The zero-order valence-corrected chi connectivity index (χ0v) is 12.5. The summed E-state index contributed by atoms with van der Waals surface area (Å²) in [6, 6.07) is -0.224. The maximum Gasteiger partial charge on any atom is 0.303 e. The van der Waals surface area contributed by atoms with E-state index in [2.05, 4.69) is 5.32 Å². The zero-order valence-electron chi connectivity index (χ0n) is 11.7. The normalized spacial score (nSPS) is 20.8. The van der Waals surface area contributed by atoms with E-state index in [4.69, 9.17) is 5.11 Å². The Kier molecular flexibility index (Phi) is 6.41. The van der Waals surface area contributed by atoms with Gasteiger partial charge in [0.2, 0.25) is 5.91 Å². The molecule has 0 aromatic rings. The Morgan fingerprint density at radius 1 is 1.40 bits per heavy atom. The van der Waals surface area contributed by atoms with Crippen LogP contribution in [0.4, 0.5) is 0 Å². The van der Waals surface area contributed by atoms with Gasteiger partial charge in [0.1, 0.15) is 0 Å². The van der Waals surface area contributed by atoms with Crippen molar-refractivity contribution < 1.29 is 23.1 Å². The van der Waals surface area contributed by atoms with Crippen LogP contribution in [0.3, 0.4) is 0 Å². The summed E-state index contributed by atoms with van der Waals surface area (Å²) >= 11 is 0. The number of hydrogen-bond acceptors (Lipinski definition) is 5. The van der Waals surface area contributed by atoms with E-state index in [1.807, 2.05) is 6.92 Å². The lowest BCUT2D eigenvalue weighted by molar-refractivity contribution is -0.137. The fourth-order valence-electron chi connectivity index (χ4n) is 2.32. The number of carboxylic acid groups (broad SMARTS) is 1. The first-order valence-corrected chi connectivity index (χ1v) is 8.60. The summed E-state index contributed by atoms with van der Waals surface area (Å²) in [6.45, 7) is 2.88. The first-order valence-electron chi connectivity index (χ1n) is 6.78. The van der Waals surface area contributed by atoms with Gasteiger partial charge < -0.3 is 15.3 Å². The van der Waals surface area contributed by atoms with E-state index >= 15 is 0 Å². The van der Waals surface area contributed by atoms with Gasteiger partial charge in [-0.15, -0.1) is 0 Å². The number of carbonyl (C=O) groups is 2. The molecule has 116 valence electrons. The van der Waals surface area contributed by atoms with Crippen LogP contribution in [0, 0.1) is 0 Å². The van der Waals surface area contributed by atoms with E-state index < -0.39 is 15.8 Å². The van der Waals surface area contributed by atoms with Crippen LogP contribution in [-0.4, -0.2) is 67.5 Å². The van der Waals surface area contributed by atoms with E-state index in [0.29, 0.717) is 25.9 Å². The summed E-state index contributed by atoms with van der Waals surface area (Å²) in [5.41, 5.74) is 0. The van der Waals surface area contributed by atoms with Gasteiger partial charge in [-0.3, -0.25) is 9.59 Å². The lowest BCUT2D eigenvalue weighted by Gasteiger charge is -2.27. The Bertz CT molecular complexity index is 449. The lowest BCUT2D eigenvalue weighted by atomic mass is 10.2. The number of nitrogens with one attached hydrogen (secondary N) is 1. The molecule has 1 saturated heterocycles. The summed E-state index contributed by atoms with van der Waals surface area (Å²) in [7, 11) is -3.00. The van der Waals surface area contributed by atoms with Crippen molar-refractivity contribution in [2.45, 2.75) is 32.2 Å². The number of amides is 1. The number of likely N-dealkylation sites (N-methyl/N-ethyl adjacent to an activating group) is 1. The monoisotopic (exact) mass is 306 g/mol. The van der Waals surface area contributed by atoms with Crippen molar-refractivity contribution >= 4 is 21.7 Å². The average molecular weight is 306 g/mol. The molecule has 0 saturated carbocycles. The van der Waals surface area contributed by atoms with E-state index in [1.165, 1.54) is 0 Å². The molecular weight excluding hydrogens is 284 g/mol. The highest BCUT2D eigenvalue weighted by molar-refractivity contribution is 7.91. The molecule has 2 N–H and O–H groups in total. The Morgan fingerprint density at radius 2 is 2.10 bits per heavy atom. The van der Waals surface area contributed by atoms with Gasteiger partial charge in [0.25, 0.3) is 0 Å². The van der Waals surface area contributed by atoms with Crippen molar-refractivity contribution in [2.24, 2.45) is 0 Å². The number of rotatable bonds is 8. The van der Waals surface area contributed by atoms with Gasteiger partial charge in [0.15, 0.2) is 9.84 Å². The first kappa shape index (κ1) is 16.9. The molecule has 1 aliphatic rings. The fourth-order valence-corrected chi connectivity index (χ4v) is 4.05. The third-order valence-corrected chi connectivity index (χ3v) is 5.08. The molecule has 1 aliphatic heterocycles. The Labute approximate surface area is 119 Å². The van der Waals surface area contributed by atoms with Gasteiger partial charge in [-0.05, 0) is 26.3 Å². The van der Waals surface area contributed by atoms with Gasteiger partial charge in [0, 0.05) is 19.0 Å². The molecule has 1 unspecified atom stereocenters. The highest BCUT2D eigenvalue weighted by Gasteiger charge is 2.33. The van der Waals surface area contributed by atoms with Crippen molar-refractivity contribution in [3.8, 4) is 0 Å². The molecule has 0 spiro atoms. The molecule has 1 fully saturated rings. The second kappa shape index (κ2) is 7.58. The Hall–Kier alpha value is -1.15. The molecule has 0 aromatic carbocycles. The molecule has 0 bridgehead atoms. The third kappa shape index (κ3) is 5.46. The number of nitrogens with zero attached hydrogens (tertiary/aromatic N) is 1. The van der Waals surface area contributed by atoms with Crippen LogP contribution in [0.15, 0.2) is 0 Å². The van der Waals surface area contributed by atoms with Gasteiger partial charge in [0.05, 0.1) is 18.1 Å². The lowest BCUT2D eigenvalue weighted by Crippen LogP contribution is -2.45. The van der Waals surface area contributed by atoms with E-state index in [-0.39, 0.29) is 36.4 Å². The summed E-state index contributed by atoms with van der Waals surface area (Å²) in [6.07, 6.45) is 1.03.